The highest BCUT2D eigenvalue weighted by atomic mass is 127. The number of anilines is 1. The summed E-state index contributed by atoms with van der Waals surface area (Å²) < 4.78 is 13.8. The summed E-state index contributed by atoms with van der Waals surface area (Å²) in [6, 6.07) is 2.48. The molecule has 110 valence electrons. The summed E-state index contributed by atoms with van der Waals surface area (Å²) in [6.45, 7) is 5.83. The van der Waals surface area contributed by atoms with E-state index in [1.807, 2.05) is 0 Å². The van der Waals surface area contributed by atoms with E-state index in [0.29, 0.717) is 12.5 Å². The van der Waals surface area contributed by atoms with Crippen molar-refractivity contribution in [3.05, 3.63) is 31.6 Å². The number of nitrogens with one attached hydrogen (secondary N) is 1. The molecule has 0 aliphatic carbocycles. The number of nitrogens with zero attached hydrogens (tertiary/aromatic N) is 2. The summed E-state index contributed by atoms with van der Waals surface area (Å²) in [7, 11) is 0. The Morgan fingerprint density at radius 2 is 2.35 bits per heavy atom. The largest absolute Gasteiger partial charge is 0.379 e. The van der Waals surface area contributed by atoms with Crippen LogP contribution in [-0.4, -0.2) is 36.0 Å². The smallest absolute Gasteiger partial charge is 0.293 e. The minimum Gasteiger partial charge on any atom is -0.379 e. The van der Waals surface area contributed by atoms with Crippen LogP contribution in [0.3, 0.4) is 0 Å². The Kier molecular flexibility index (Phi) is 5.14. The zero-order chi connectivity index (χ0) is 14.7. The number of hydrogen-bond acceptors (Lipinski definition) is 4. The van der Waals surface area contributed by atoms with Gasteiger partial charge in [-0.1, -0.05) is 6.92 Å². The topological polar surface area (TPSA) is 58.4 Å². The zero-order valence-corrected chi connectivity index (χ0v) is 13.4. The van der Waals surface area contributed by atoms with Gasteiger partial charge in [-0.3, -0.25) is 10.1 Å². The molecule has 1 aliphatic heterocycles. The zero-order valence-electron chi connectivity index (χ0n) is 11.2. The van der Waals surface area contributed by atoms with Crippen LogP contribution in [-0.2, 0) is 0 Å². The Bertz CT molecular complexity index is 513. The van der Waals surface area contributed by atoms with Crippen molar-refractivity contribution in [2.24, 2.45) is 5.92 Å². The fourth-order valence-electron chi connectivity index (χ4n) is 2.45. The molecule has 0 amide bonds. The lowest BCUT2D eigenvalue weighted by Gasteiger charge is -2.14. The third-order valence-corrected chi connectivity index (χ3v) is 4.46. The number of nitro groups is 1. The van der Waals surface area contributed by atoms with E-state index in [-0.39, 0.29) is 14.9 Å². The normalized spacial score (nSPS) is 19.2. The number of likely N-dealkylation sites (tertiary alicyclic amines) is 1. The van der Waals surface area contributed by atoms with Crippen LogP contribution in [0.25, 0.3) is 0 Å². The summed E-state index contributed by atoms with van der Waals surface area (Å²) in [4.78, 5) is 12.9. The average Bonchev–Trinajstić information content (AvgIpc) is 2.87. The first kappa shape index (κ1) is 15.4. The van der Waals surface area contributed by atoms with E-state index in [2.05, 4.69) is 17.1 Å². The molecule has 1 aromatic carbocycles. The Morgan fingerprint density at radius 1 is 1.60 bits per heavy atom. The Hall–Kier alpha value is -0.960. The van der Waals surface area contributed by atoms with E-state index >= 15 is 0 Å². The predicted octanol–water partition coefficient (Wildman–Crippen LogP) is 3.09. The first-order valence-corrected chi connectivity index (χ1v) is 7.68. The van der Waals surface area contributed by atoms with Crippen molar-refractivity contribution >= 4 is 34.0 Å². The summed E-state index contributed by atoms with van der Waals surface area (Å²) in [6.07, 6.45) is 1.07. The summed E-state index contributed by atoms with van der Waals surface area (Å²) in [5.74, 6) is 0.0252. The van der Waals surface area contributed by atoms with Gasteiger partial charge in [0.05, 0.1) is 8.49 Å². The molecule has 1 atom stereocenters. The van der Waals surface area contributed by atoms with Crippen molar-refractivity contribution in [3.8, 4) is 0 Å². The van der Waals surface area contributed by atoms with Crippen molar-refractivity contribution in [1.29, 1.82) is 0 Å². The lowest BCUT2D eigenvalue weighted by molar-refractivity contribution is -0.384. The average molecular weight is 393 g/mol. The van der Waals surface area contributed by atoms with E-state index in [1.165, 1.54) is 12.1 Å². The molecule has 0 saturated carbocycles. The Balaban J connectivity index is 2.05. The van der Waals surface area contributed by atoms with Gasteiger partial charge in [-0.15, -0.1) is 0 Å². The van der Waals surface area contributed by atoms with Gasteiger partial charge in [0.15, 0.2) is 0 Å². The van der Waals surface area contributed by atoms with Gasteiger partial charge in [-0.25, -0.2) is 4.39 Å². The monoisotopic (exact) mass is 393 g/mol. The molecule has 2 rings (SSSR count). The molecule has 0 bridgehead atoms. The SMILES string of the molecule is CCN1CCC(CNc2cc(F)c(I)cc2[N+](=O)[O-])C1. The maximum absolute atomic E-state index is 13.6. The maximum Gasteiger partial charge on any atom is 0.293 e. The molecular formula is C13H17FIN3O2. The van der Waals surface area contributed by atoms with Crippen LogP contribution in [0.4, 0.5) is 15.8 Å². The number of nitro benzene ring substituents is 1. The molecule has 1 unspecified atom stereocenters. The van der Waals surface area contributed by atoms with Gasteiger partial charge in [-0.2, -0.15) is 0 Å². The van der Waals surface area contributed by atoms with Gasteiger partial charge in [0.25, 0.3) is 5.69 Å². The molecule has 5 nitrogen and oxygen atoms in total. The van der Waals surface area contributed by atoms with Crippen LogP contribution in [0, 0.1) is 25.4 Å². The second kappa shape index (κ2) is 6.66. The van der Waals surface area contributed by atoms with Gasteiger partial charge in [0.1, 0.15) is 11.5 Å². The minimum absolute atomic E-state index is 0.0684. The van der Waals surface area contributed by atoms with Crippen molar-refractivity contribution in [1.82, 2.24) is 4.90 Å². The molecule has 7 heteroatoms. The standard InChI is InChI=1S/C13H17FIN3O2/c1-2-17-4-3-9(8-17)7-16-12-5-10(14)11(15)6-13(12)18(19)20/h5-6,9,16H,2-4,7-8H2,1H3. The fourth-order valence-corrected chi connectivity index (χ4v) is 2.90. The van der Waals surface area contributed by atoms with Crippen LogP contribution in [0.1, 0.15) is 13.3 Å². The van der Waals surface area contributed by atoms with Crippen LogP contribution in [0.2, 0.25) is 0 Å². The van der Waals surface area contributed by atoms with Crippen molar-refractivity contribution < 1.29 is 9.31 Å². The van der Waals surface area contributed by atoms with E-state index in [0.717, 1.165) is 26.1 Å². The Labute approximate surface area is 130 Å². The van der Waals surface area contributed by atoms with Crippen LogP contribution < -0.4 is 5.32 Å². The van der Waals surface area contributed by atoms with Gasteiger partial charge in [0, 0.05) is 25.2 Å². The second-order valence-electron chi connectivity index (χ2n) is 4.97. The molecule has 20 heavy (non-hydrogen) atoms. The van der Waals surface area contributed by atoms with Crippen LogP contribution in [0.15, 0.2) is 12.1 Å². The quantitative estimate of drug-likeness (QED) is 0.475. The molecule has 0 spiro atoms. The van der Waals surface area contributed by atoms with Gasteiger partial charge in [-0.05, 0) is 48.0 Å². The van der Waals surface area contributed by atoms with Gasteiger partial charge < -0.3 is 10.2 Å². The number of hydrogen-bond donors (Lipinski definition) is 1. The third-order valence-electron chi connectivity index (χ3n) is 3.63. The second-order valence-corrected chi connectivity index (χ2v) is 6.13. The van der Waals surface area contributed by atoms with Crippen LogP contribution >= 0.6 is 22.6 Å². The first-order chi connectivity index (χ1) is 9.51. The van der Waals surface area contributed by atoms with E-state index < -0.39 is 10.7 Å². The summed E-state index contributed by atoms with van der Waals surface area (Å²) in [5.41, 5.74) is 0.198. The molecule has 1 saturated heterocycles. The van der Waals surface area contributed by atoms with Crippen LogP contribution in [0.5, 0.6) is 0 Å². The van der Waals surface area contributed by atoms with Gasteiger partial charge in [0.2, 0.25) is 0 Å². The lowest BCUT2D eigenvalue weighted by Crippen LogP contribution is -2.22. The highest BCUT2D eigenvalue weighted by Gasteiger charge is 2.23. The molecule has 1 aromatic rings. The molecule has 0 radical (unpaired) electrons. The lowest BCUT2D eigenvalue weighted by atomic mass is 10.1. The van der Waals surface area contributed by atoms with Crippen molar-refractivity contribution in [3.63, 3.8) is 0 Å². The molecule has 1 N–H and O–H groups in total. The number of halogens is 2. The molecule has 1 fully saturated rings. The number of rotatable bonds is 5. The molecular weight excluding hydrogens is 376 g/mol. The maximum atomic E-state index is 13.6. The van der Waals surface area contributed by atoms with E-state index in [9.17, 15) is 14.5 Å². The molecule has 0 aromatic heterocycles. The third kappa shape index (κ3) is 3.57. The summed E-state index contributed by atoms with van der Waals surface area (Å²) >= 11 is 1.76. The number of benzene rings is 1. The minimum atomic E-state index is -0.475. The predicted molar refractivity (Wildman–Crippen MR) is 84.5 cm³/mol. The highest BCUT2D eigenvalue weighted by Crippen LogP contribution is 2.29. The fraction of sp³-hybridized carbons (Fsp3) is 0.538. The van der Waals surface area contributed by atoms with Gasteiger partial charge >= 0.3 is 0 Å². The molecule has 1 aliphatic rings. The Morgan fingerprint density at radius 3 is 2.95 bits per heavy atom. The van der Waals surface area contributed by atoms with E-state index in [4.69, 9.17) is 0 Å². The van der Waals surface area contributed by atoms with E-state index in [1.54, 1.807) is 22.6 Å². The highest BCUT2D eigenvalue weighted by molar-refractivity contribution is 14.1. The van der Waals surface area contributed by atoms with Crippen molar-refractivity contribution in [2.45, 2.75) is 13.3 Å². The first-order valence-electron chi connectivity index (χ1n) is 6.61. The molecule has 1 heterocycles. The summed E-state index contributed by atoms with van der Waals surface area (Å²) in [5, 5.41) is 14.0. The van der Waals surface area contributed by atoms with Crippen molar-refractivity contribution in [2.75, 3.05) is 31.5 Å².